The summed E-state index contributed by atoms with van der Waals surface area (Å²) in [6.07, 6.45) is 17.9. The molecule has 16 heteroatoms. The van der Waals surface area contributed by atoms with Gasteiger partial charge in [0.25, 0.3) is 0 Å². The number of amides is 2. The van der Waals surface area contributed by atoms with Crippen molar-refractivity contribution in [2.45, 2.75) is 131 Å². The summed E-state index contributed by atoms with van der Waals surface area (Å²) in [5, 5.41) is 27.3. The van der Waals surface area contributed by atoms with Crippen molar-refractivity contribution in [2.75, 3.05) is 171 Å². The highest BCUT2D eigenvalue weighted by molar-refractivity contribution is 5.75. The molecule has 8 unspecified atom stereocenters. The van der Waals surface area contributed by atoms with Crippen molar-refractivity contribution in [1.29, 1.82) is 0 Å². The number of nitrogens with zero attached hydrogens (tertiary/aromatic N) is 3. The van der Waals surface area contributed by atoms with E-state index in [1.165, 1.54) is 51.4 Å². The van der Waals surface area contributed by atoms with Crippen LogP contribution < -0.4 is 48.3 Å². The number of carbonyl (C=O) groups is 2. The van der Waals surface area contributed by atoms with E-state index in [-0.39, 0.29) is 23.5 Å². The Morgan fingerprint density at radius 3 is 1.82 bits per heavy atom. The molecule has 0 aromatic carbocycles. The van der Waals surface area contributed by atoms with Gasteiger partial charge in [0.05, 0.1) is 6.61 Å². The van der Waals surface area contributed by atoms with Crippen LogP contribution in [0.2, 0.25) is 0 Å². The fourth-order valence-electron chi connectivity index (χ4n) is 13.8. The maximum Gasteiger partial charge on any atom is 0.407 e. The average molecular weight is 1050 g/mol. The molecule has 0 bridgehead atoms. The van der Waals surface area contributed by atoms with Crippen molar-refractivity contribution in [3.8, 4) is 0 Å². The first-order valence-electron chi connectivity index (χ1n) is 30.3. The Morgan fingerprint density at radius 1 is 0.689 bits per heavy atom. The fraction of sp³-hybridized carbons (Fsp3) is 0.931. The lowest BCUT2D eigenvalue weighted by atomic mass is 9.47. The van der Waals surface area contributed by atoms with Crippen molar-refractivity contribution >= 4 is 12.0 Å². The number of ether oxygens (including phenoxy) is 2. The number of nitrogens with one attached hydrogen (secondary N) is 8. The molecule has 0 heterocycles. The molecule has 2 amide bonds. The third-order valence-electron chi connectivity index (χ3n) is 18.0. The predicted molar refractivity (Wildman–Crippen MR) is 308 cm³/mol. The van der Waals surface area contributed by atoms with Crippen LogP contribution in [-0.4, -0.2) is 204 Å². The van der Waals surface area contributed by atoms with Crippen molar-refractivity contribution in [1.82, 2.24) is 57.2 Å². The Hall–Kier alpha value is -1.96. The van der Waals surface area contributed by atoms with Crippen LogP contribution in [0.3, 0.4) is 0 Å². The smallest absolute Gasteiger partial charge is 0.407 e. The number of alkyl carbamates (subject to hydrolysis) is 1. The summed E-state index contributed by atoms with van der Waals surface area (Å²) in [6, 6.07) is 0. The lowest BCUT2D eigenvalue weighted by Gasteiger charge is -2.58. The summed E-state index contributed by atoms with van der Waals surface area (Å²) in [4.78, 5) is 32.4. The van der Waals surface area contributed by atoms with E-state index in [0.29, 0.717) is 38.1 Å². The summed E-state index contributed by atoms with van der Waals surface area (Å²) in [5.41, 5.74) is 8.32. The summed E-state index contributed by atoms with van der Waals surface area (Å²) >= 11 is 0. The number of likely N-dealkylation sites (N-methyl/N-ethyl adjacent to an activating group) is 1. The lowest BCUT2D eigenvalue weighted by molar-refractivity contribution is -0.122. The first-order chi connectivity index (χ1) is 35.9. The van der Waals surface area contributed by atoms with E-state index in [9.17, 15) is 9.59 Å². The molecule has 0 radical (unpaired) electrons. The molecule has 4 aliphatic rings. The Kier molecular flexibility index (Phi) is 32.3. The molecule has 4 rings (SSSR count). The Balaban J connectivity index is 1.07. The summed E-state index contributed by atoms with van der Waals surface area (Å²) < 4.78 is 11.2. The van der Waals surface area contributed by atoms with Crippen LogP contribution >= 0.6 is 0 Å². The van der Waals surface area contributed by atoms with Gasteiger partial charge in [-0.2, -0.15) is 0 Å². The second-order valence-corrected chi connectivity index (χ2v) is 23.7. The van der Waals surface area contributed by atoms with Gasteiger partial charge in [-0.15, -0.1) is 0 Å². The zero-order valence-electron chi connectivity index (χ0n) is 48.8. The van der Waals surface area contributed by atoms with E-state index in [1.807, 2.05) is 7.05 Å². The van der Waals surface area contributed by atoms with Gasteiger partial charge in [-0.1, -0.05) is 72.5 Å². The molecule has 3 fully saturated rings. The minimum Gasteiger partial charge on any atom is -0.446 e. The zero-order chi connectivity index (χ0) is 53.4. The van der Waals surface area contributed by atoms with Crippen LogP contribution in [0.5, 0.6) is 0 Å². The predicted octanol–water partition coefficient (Wildman–Crippen LogP) is 4.72. The minimum atomic E-state index is -0.261. The van der Waals surface area contributed by atoms with E-state index in [2.05, 4.69) is 105 Å². The van der Waals surface area contributed by atoms with Gasteiger partial charge in [-0.05, 0) is 111 Å². The van der Waals surface area contributed by atoms with E-state index in [4.69, 9.17) is 15.2 Å². The molecule has 432 valence electrons. The molecule has 8 atom stereocenters. The van der Waals surface area contributed by atoms with Gasteiger partial charge in [0.2, 0.25) is 5.91 Å². The van der Waals surface area contributed by atoms with Crippen LogP contribution in [0.1, 0.15) is 125 Å². The molecule has 0 aromatic heterocycles. The first-order valence-corrected chi connectivity index (χ1v) is 30.3. The van der Waals surface area contributed by atoms with Gasteiger partial charge in [-0.25, -0.2) is 4.79 Å². The van der Waals surface area contributed by atoms with Crippen molar-refractivity contribution in [3.05, 3.63) is 11.6 Å². The van der Waals surface area contributed by atoms with Gasteiger partial charge < -0.3 is 62.6 Å². The van der Waals surface area contributed by atoms with Crippen LogP contribution in [0, 0.1) is 46.3 Å². The van der Waals surface area contributed by atoms with E-state index in [1.54, 1.807) is 12.7 Å². The first kappa shape index (κ1) is 64.6. The van der Waals surface area contributed by atoms with Crippen molar-refractivity contribution in [2.24, 2.45) is 52.1 Å². The molecule has 16 nitrogen and oxygen atoms in total. The second kappa shape index (κ2) is 37.0. The molecule has 4 aliphatic carbocycles. The Labute approximate surface area is 452 Å². The summed E-state index contributed by atoms with van der Waals surface area (Å²) in [6.45, 7) is 35.6. The highest BCUT2D eigenvalue weighted by atomic mass is 16.6. The van der Waals surface area contributed by atoms with E-state index in [0.717, 1.165) is 192 Å². The zero-order valence-corrected chi connectivity index (χ0v) is 48.8. The fourth-order valence-corrected chi connectivity index (χ4v) is 13.8. The number of carbonyl (C=O) groups excluding carboxylic acids is 2. The van der Waals surface area contributed by atoms with Crippen LogP contribution in [-0.2, 0) is 14.3 Å². The van der Waals surface area contributed by atoms with Crippen LogP contribution in [0.4, 0.5) is 4.79 Å². The Morgan fingerprint density at radius 2 is 1.26 bits per heavy atom. The number of allylic oxidation sites excluding steroid dienone is 1. The molecule has 0 saturated heterocycles. The maximum atomic E-state index is 13.3. The van der Waals surface area contributed by atoms with Crippen molar-refractivity contribution < 1.29 is 19.1 Å². The third kappa shape index (κ3) is 22.8. The Bertz CT molecular complexity index is 1530. The molecule has 3 saturated carbocycles. The monoisotopic (exact) mass is 1040 g/mol. The number of nitrogens with two attached hydrogens (primary N) is 1. The van der Waals surface area contributed by atoms with Crippen LogP contribution in [0.25, 0.3) is 0 Å². The number of methoxy groups -OCH3 is 1. The van der Waals surface area contributed by atoms with Gasteiger partial charge in [0.15, 0.2) is 0 Å². The lowest BCUT2D eigenvalue weighted by Crippen LogP contribution is -2.51. The number of hydrogen-bond acceptors (Lipinski definition) is 14. The second-order valence-electron chi connectivity index (χ2n) is 23.7. The summed E-state index contributed by atoms with van der Waals surface area (Å²) in [7, 11) is 3.60. The van der Waals surface area contributed by atoms with Gasteiger partial charge in [0.1, 0.15) is 6.10 Å². The molecule has 0 aromatic rings. The third-order valence-corrected chi connectivity index (χ3v) is 18.0. The van der Waals surface area contributed by atoms with Gasteiger partial charge in [0, 0.05) is 164 Å². The van der Waals surface area contributed by atoms with Crippen LogP contribution in [0.15, 0.2) is 11.6 Å². The molecular weight excluding hydrogens is 929 g/mol. The minimum absolute atomic E-state index is 0.0305. The van der Waals surface area contributed by atoms with Gasteiger partial charge >= 0.3 is 6.09 Å². The molecule has 74 heavy (non-hydrogen) atoms. The number of rotatable bonds is 43. The van der Waals surface area contributed by atoms with E-state index >= 15 is 0 Å². The van der Waals surface area contributed by atoms with Gasteiger partial charge in [-0.3, -0.25) is 14.6 Å². The highest BCUT2D eigenvalue weighted by Crippen LogP contribution is 2.67. The largest absolute Gasteiger partial charge is 0.446 e. The molecule has 0 spiro atoms. The molecule has 10 N–H and O–H groups in total. The normalized spacial score (nSPS) is 25.0. The SMILES string of the molecule is CCCN(CCNCCNCCN(CCN)CCNCCNCCN(CCNCCNC)CCNC(=O)OC1CCC2(C)C(=CCC3C2CCC2(C)C(C(C)CCCC(C)C)CCC32)C1)CCNC(=O)CCOC. The maximum absolute atomic E-state index is 13.3. The molecular formula is C58H116N12O4. The standard InChI is InChI=1S/C58H116N12O4/c1-9-36-68(43-34-66-55(71)19-45-73-8)38-29-62-25-26-63-30-39-69(37-22-59)40-31-64-27-28-65-33-42-70(41-32-61-24-23-60-7)44-35-67-56(72)74-50-17-20-57(5)49(46-50)13-14-51-53-16-15-52(48(4)12-10-11-47(2)3)58(53,6)21-18-54(51)57/h13,47-48,50-54,60-65H,9-12,14-46,59H2,1-8H3,(H,66,71)(H,67,72). The molecule has 0 aliphatic heterocycles. The topological polar surface area (TPSA) is 185 Å². The average Bonchev–Trinajstić information content (AvgIpc) is 3.74. The number of hydrogen-bond donors (Lipinski definition) is 9. The van der Waals surface area contributed by atoms with Crippen molar-refractivity contribution in [3.63, 3.8) is 0 Å². The van der Waals surface area contributed by atoms with E-state index < -0.39 is 0 Å². The highest BCUT2D eigenvalue weighted by Gasteiger charge is 2.59. The number of fused-ring (bicyclic) bond motifs is 5. The quantitative estimate of drug-likeness (QED) is 0.0302. The summed E-state index contributed by atoms with van der Waals surface area (Å²) in [5.74, 6) is 5.05.